The molecule has 2 fully saturated rings. The predicted octanol–water partition coefficient (Wildman–Crippen LogP) is 3.80. The molecule has 118 valence electrons. The molecule has 1 N–H and O–H groups in total. The van der Waals surface area contributed by atoms with E-state index in [4.69, 9.17) is 11.6 Å². The number of nitro groups is 1. The highest BCUT2D eigenvalue weighted by molar-refractivity contribution is 6.34. The third kappa shape index (κ3) is 2.82. The Labute approximate surface area is 134 Å². The molecule has 3 rings (SSSR count). The van der Waals surface area contributed by atoms with E-state index in [2.05, 4.69) is 5.32 Å². The van der Waals surface area contributed by atoms with Gasteiger partial charge in [-0.15, -0.1) is 0 Å². The number of hydrogen-bond acceptors (Lipinski definition) is 3. The van der Waals surface area contributed by atoms with Crippen LogP contribution in [0.25, 0.3) is 0 Å². The molecule has 1 aromatic carbocycles. The molecule has 0 aromatic heterocycles. The highest BCUT2D eigenvalue weighted by Crippen LogP contribution is 2.49. The number of halogens is 1. The van der Waals surface area contributed by atoms with E-state index in [0.717, 1.165) is 11.8 Å². The second-order valence-corrected chi connectivity index (χ2v) is 6.93. The van der Waals surface area contributed by atoms with E-state index in [-0.39, 0.29) is 22.7 Å². The number of carbonyl (C=O) groups is 1. The van der Waals surface area contributed by atoms with Crippen molar-refractivity contribution in [1.82, 2.24) is 5.32 Å². The van der Waals surface area contributed by atoms with Crippen molar-refractivity contribution in [2.45, 2.75) is 38.6 Å². The second-order valence-electron chi connectivity index (χ2n) is 6.52. The Morgan fingerprint density at radius 3 is 2.73 bits per heavy atom. The largest absolute Gasteiger partial charge is 0.349 e. The van der Waals surface area contributed by atoms with Crippen LogP contribution in [0.5, 0.6) is 0 Å². The quantitative estimate of drug-likeness (QED) is 0.677. The van der Waals surface area contributed by atoms with E-state index in [9.17, 15) is 14.9 Å². The maximum Gasteiger partial charge on any atom is 0.270 e. The molecule has 1 amide bonds. The zero-order valence-corrected chi connectivity index (χ0v) is 13.2. The van der Waals surface area contributed by atoms with Gasteiger partial charge in [0.25, 0.3) is 11.6 Å². The van der Waals surface area contributed by atoms with Gasteiger partial charge in [-0.1, -0.05) is 18.0 Å². The molecule has 1 aromatic rings. The maximum absolute atomic E-state index is 12.4. The van der Waals surface area contributed by atoms with Gasteiger partial charge in [0.2, 0.25) is 0 Å². The molecule has 0 unspecified atom stereocenters. The van der Waals surface area contributed by atoms with Crippen LogP contribution in [0.15, 0.2) is 18.2 Å². The molecule has 4 atom stereocenters. The predicted molar refractivity (Wildman–Crippen MR) is 84.0 cm³/mol. The molecule has 0 aliphatic heterocycles. The minimum absolute atomic E-state index is 0.106. The fourth-order valence-corrected chi connectivity index (χ4v) is 4.36. The first-order chi connectivity index (χ1) is 10.5. The monoisotopic (exact) mass is 322 g/mol. The number of carbonyl (C=O) groups excluding carboxylic acids is 1. The Morgan fingerprint density at radius 1 is 1.41 bits per heavy atom. The summed E-state index contributed by atoms with van der Waals surface area (Å²) in [5, 5.41) is 13.8. The summed E-state index contributed by atoms with van der Waals surface area (Å²) in [7, 11) is 0. The van der Waals surface area contributed by atoms with Crippen molar-refractivity contribution in [3.8, 4) is 0 Å². The molecule has 0 heterocycles. The molecule has 0 saturated heterocycles. The van der Waals surface area contributed by atoms with Gasteiger partial charge in [0.15, 0.2) is 0 Å². The summed E-state index contributed by atoms with van der Waals surface area (Å²) in [5.41, 5.74) is 0.185. The van der Waals surface area contributed by atoms with Crippen LogP contribution in [0.3, 0.4) is 0 Å². The van der Waals surface area contributed by atoms with Gasteiger partial charge in [-0.2, -0.15) is 0 Å². The van der Waals surface area contributed by atoms with Crippen LogP contribution in [0.2, 0.25) is 5.02 Å². The van der Waals surface area contributed by atoms with Gasteiger partial charge in [0.1, 0.15) is 0 Å². The summed E-state index contributed by atoms with van der Waals surface area (Å²) in [5.74, 6) is 1.85. The fourth-order valence-electron chi connectivity index (χ4n) is 4.10. The van der Waals surface area contributed by atoms with Crippen molar-refractivity contribution in [2.75, 3.05) is 0 Å². The van der Waals surface area contributed by atoms with Crippen LogP contribution < -0.4 is 5.32 Å². The fraction of sp³-hybridized carbons (Fsp3) is 0.562. The van der Waals surface area contributed by atoms with Gasteiger partial charge < -0.3 is 5.32 Å². The number of fused-ring (bicyclic) bond motifs is 2. The van der Waals surface area contributed by atoms with Gasteiger partial charge in [-0.05, 0) is 50.0 Å². The number of benzene rings is 1. The number of rotatable bonds is 4. The molecule has 22 heavy (non-hydrogen) atoms. The lowest BCUT2D eigenvalue weighted by Gasteiger charge is -2.28. The number of nitrogens with zero attached hydrogens (tertiary/aromatic N) is 1. The van der Waals surface area contributed by atoms with E-state index in [0.29, 0.717) is 11.5 Å². The summed E-state index contributed by atoms with van der Waals surface area (Å²) in [4.78, 5) is 22.5. The first-order valence-electron chi connectivity index (χ1n) is 7.70. The normalized spacial score (nSPS) is 27.6. The van der Waals surface area contributed by atoms with Gasteiger partial charge in [-0.3, -0.25) is 14.9 Å². The van der Waals surface area contributed by atoms with Crippen molar-refractivity contribution in [1.29, 1.82) is 0 Å². The Hall–Kier alpha value is -1.62. The summed E-state index contributed by atoms with van der Waals surface area (Å²) < 4.78 is 0. The van der Waals surface area contributed by atoms with E-state index < -0.39 is 4.92 Å². The van der Waals surface area contributed by atoms with Gasteiger partial charge in [0, 0.05) is 18.2 Å². The van der Waals surface area contributed by atoms with Gasteiger partial charge >= 0.3 is 0 Å². The number of nitro benzene ring substituents is 1. The standard InChI is InChI=1S/C16H19ClN2O3/c1-9(14-7-10-2-3-11(14)6-10)18-16(20)13-5-4-12(19(21)22)8-15(13)17/h4-5,8-11,14H,2-3,6-7H2,1H3,(H,18,20)/t9-,10+,11+,14-/m1/s1. The lowest BCUT2D eigenvalue weighted by Crippen LogP contribution is -2.40. The average molecular weight is 323 g/mol. The van der Waals surface area contributed by atoms with Crippen LogP contribution in [-0.4, -0.2) is 16.9 Å². The molecule has 0 radical (unpaired) electrons. The molecule has 2 saturated carbocycles. The highest BCUT2D eigenvalue weighted by Gasteiger charge is 2.42. The molecule has 5 nitrogen and oxygen atoms in total. The van der Waals surface area contributed by atoms with E-state index in [1.165, 1.54) is 43.9 Å². The van der Waals surface area contributed by atoms with Crippen LogP contribution in [0, 0.1) is 27.9 Å². The molecule has 2 bridgehead atoms. The number of nitrogens with one attached hydrogen (secondary N) is 1. The van der Waals surface area contributed by atoms with Crippen molar-refractivity contribution in [3.63, 3.8) is 0 Å². The summed E-state index contributed by atoms with van der Waals surface area (Å²) >= 11 is 6.01. The van der Waals surface area contributed by atoms with Crippen LogP contribution >= 0.6 is 11.6 Å². The van der Waals surface area contributed by atoms with Gasteiger partial charge in [0.05, 0.1) is 15.5 Å². The Bertz CT molecular complexity index is 619. The first-order valence-corrected chi connectivity index (χ1v) is 8.08. The van der Waals surface area contributed by atoms with E-state index >= 15 is 0 Å². The summed E-state index contributed by atoms with van der Waals surface area (Å²) in [6, 6.07) is 4.05. The molecular weight excluding hydrogens is 304 g/mol. The van der Waals surface area contributed by atoms with Crippen LogP contribution in [-0.2, 0) is 0 Å². The van der Waals surface area contributed by atoms with Crippen molar-refractivity contribution in [2.24, 2.45) is 17.8 Å². The number of hydrogen-bond donors (Lipinski definition) is 1. The number of amides is 1. The Morgan fingerprint density at radius 2 is 2.18 bits per heavy atom. The topological polar surface area (TPSA) is 72.2 Å². The summed E-state index contributed by atoms with van der Waals surface area (Å²) in [6.45, 7) is 2.04. The molecule has 6 heteroatoms. The van der Waals surface area contributed by atoms with Crippen molar-refractivity contribution < 1.29 is 9.72 Å². The van der Waals surface area contributed by atoms with Crippen molar-refractivity contribution >= 4 is 23.2 Å². The molecule has 0 spiro atoms. The van der Waals surface area contributed by atoms with E-state index in [1.54, 1.807) is 0 Å². The molecule has 2 aliphatic rings. The minimum atomic E-state index is -0.522. The smallest absolute Gasteiger partial charge is 0.270 e. The Kier molecular flexibility index (Phi) is 4.08. The zero-order valence-electron chi connectivity index (χ0n) is 12.4. The SMILES string of the molecule is C[C@@H](NC(=O)c1ccc([N+](=O)[O-])cc1Cl)[C@H]1C[C@H]2CC[C@H]1C2. The highest BCUT2D eigenvalue weighted by atomic mass is 35.5. The van der Waals surface area contributed by atoms with Crippen LogP contribution in [0.1, 0.15) is 43.0 Å². The number of non-ortho nitro benzene ring substituents is 1. The molecular formula is C16H19ClN2O3. The zero-order chi connectivity index (χ0) is 15.9. The van der Waals surface area contributed by atoms with Crippen LogP contribution in [0.4, 0.5) is 5.69 Å². The van der Waals surface area contributed by atoms with Crippen molar-refractivity contribution in [3.05, 3.63) is 38.9 Å². The third-order valence-electron chi connectivity index (χ3n) is 5.20. The van der Waals surface area contributed by atoms with Gasteiger partial charge in [-0.25, -0.2) is 0 Å². The second kappa shape index (κ2) is 5.88. The third-order valence-corrected chi connectivity index (χ3v) is 5.51. The lowest BCUT2D eigenvalue weighted by molar-refractivity contribution is -0.384. The molecule has 2 aliphatic carbocycles. The van der Waals surface area contributed by atoms with E-state index in [1.807, 2.05) is 6.92 Å². The first kappa shape index (κ1) is 15.3. The maximum atomic E-state index is 12.4. The summed E-state index contributed by atoms with van der Waals surface area (Å²) in [6.07, 6.45) is 5.09. The Balaban J connectivity index is 1.68. The minimum Gasteiger partial charge on any atom is -0.349 e. The average Bonchev–Trinajstić information content (AvgIpc) is 3.09. The lowest BCUT2D eigenvalue weighted by atomic mass is 9.84.